The van der Waals surface area contributed by atoms with Gasteiger partial charge in [0.05, 0.1) is 0 Å². The average Bonchev–Trinajstić information content (AvgIpc) is 2.28. The number of rotatable bonds is 2. The van der Waals surface area contributed by atoms with Crippen LogP contribution < -0.4 is 5.32 Å². The largest absolute Gasteiger partial charge is 0.314 e. The van der Waals surface area contributed by atoms with E-state index < -0.39 is 15.8 Å². The summed E-state index contributed by atoms with van der Waals surface area (Å²) >= 11 is 5.62. The van der Waals surface area contributed by atoms with E-state index in [4.69, 9.17) is 11.6 Å². The Bertz CT molecular complexity index is 554. The molecule has 1 saturated heterocycles. The van der Waals surface area contributed by atoms with Crippen LogP contribution in [0.25, 0.3) is 0 Å². The minimum absolute atomic E-state index is 0. The molecule has 2 rings (SSSR count). The zero-order valence-corrected chi connectivity index (χ0v) is 12.7. The zero-order valence-electron chi connectivity index (χ0n) is 10.3. The molecule has 1 aromatic carbocycles. The fourth-order valence-corrected chi connectivity index (χ4v) is 3.83. The highest BCUT2D eigenvalue weighted by molar-refractivity contribution is 7.89. The van der Waals surface area contributed by atoms with Gasteiger partial charge in [0.1, 0.15) is 10.7 Å². The predicted octanol–water partition coefficient (Wildman–Crippen LogP) is 1.88. The van der Waals surface area contributed by atoms with Gasteiger partial charge in [-0.15, -0.1) is 12.4 Å². The van der Waals surface area contributed by atoms with Crippen molar-refractivity contribution in [1.82, 2.24) is 9.62 Å². The summed E-state index contributed by atoms with van der Waals surface area (Å²) < 4.78 is 39.7. The Labute approximate surface area is 123 Å². The smallest absolute Gasteiger partial charge is 0.246 e. The van der Waals surface area contributed by atoms with E-state index in [-0.39, 0.29) is 28.4 Å². The SMILES string of the molecule is C[C@H]1CNCCN1S(=O)(=O)c1ccc(Cl)cc1F.Cl. The first-order valence-electron chi connectivity index (χ1n) is 5.60. The molecule has 0 unspecified atom stereocenters. The monoisotopic (exact) mass is 328 g/mol. The van der Waals surface area contributed by atoms with Crippen LogP contribution in [0.2, 0.25) is 5.02 Å². The molecule has 19 heavy (non-hydrogen) atoms. The summed E-state index contributed by atoms with van der Waals surface area (Å²) in [7, 11) is -3.80. The number of piperazine rings is 1. The normalized spacial score (nSPS) is 20.9. The molecule has 1 aliphatic rings. The van der Waals surface area contributed by atoms with Gasteiger partial charge in [0.25, 0.3) is 0 Å². The molecular weight excluding hydrogens is 314 g/mol. The Morgan fingerprint density at radius 2 is 2.16 bits per heavy atom. The van der Waals surface area contributed by atoms with Gasteiger partial charge in [0.15, 0.2) is 0 Å². The molecule has 1 aromatic rings. The highest BCUT2D eigenvalue weighted by Crippen LogP contribution is 2.24. The molecule has 1 N–H and O–H groups in total. The number of hydrogen-bond acceptors (Lipinski definition) is 3. The molecule has 0 aromatic heterocycles. The Morgan fingerprint density at radius 1 is 1.47 bits per heavy atom. The second-order valence-corrected chi connectivity index (χ2v) is 6.54. The number of sulfonamides is 1. The molecule has 1 aliphatic heterocycles. The molecule has 0 saturated carbocycles. The maximum Gasteiger partial charge on any atom is 0.246 e. The van der Waals surface area contributed by atoms with Crippen LogP contribution in [-0.4, -0.2) is 38.4 Å². The van der Waals surface area contributed by atoms with Crippen molar-refractivity contribution < 1.29 is 12.8 Å². The van der Waals surface area contributed by atoms with Crippen LogP contribution in [0, 0.1) is 5.82 Å². The van der Waals surface area contributed by atoms with Gasteiger partial charge in [0, 0.05) is 30.7 Å². The lowest BCUT2D eigenvalue weighted by molar-refractivity contribution is 0.283. The number of halogens is 3. The Kier molecular flexibility index (Phi) is 5.58. The summed E-state index contributed by atoms with van der Waals surface area (Å²) in [6, 6.07) is 3.41. The van der Waals surface area contributed by atoms with Crippen molar-refractivity contribution >= 4 is 34.0 Å². The first-order chi connectivity index (χ1) is 8.43. The third-order valence-corrected chi connectivity index (χ3v) is 5.20. The van der Waals surface area contributed by atoms with Gasteiger partial charge in [-0.3, -0.25) is 0 Å². The molecule has 0 radical (unpaired) electrons. The van der Waals surface area contributed by atoms with E-state index in [0.717, 1.165) is 6.07 Å². The topological polar surface area (TPSA) is 49.4 Å². The molecule has 4 nitrogen and oxygen atoms in total. The van der Waals surface area contributed by atoms with Crippen molar-refractivity contribution in [2.24, 2.45) is 0 Å². The van der Waals surface area contributed by atoms with Crippen molar-refractivity contribution in [3.63, 3.8) is 0 Å². The Hall–Kier alpha value is -0.400. The van der Waals surface area contributed by atoms with Gasteiger partial charge >= 0.3 is 0 Å². The molecule has 1 atom stereocenters. The number of hydrogen-bond donors (Lipinski definition) is 1. The second kappa shape index (κ2) is 6.37. The summed E-state index contributed by atoms with van der Waals surface area (Å²) in [5.74, 6) is -0.812. The molecular formula is C11H15Cl2FN2O2S. The third-order valence-electron chi connectivity index (χ3n) is 2.92. The van der Waals surface area contributed by atoms with E-state index >= 15 is 0 Å². The number of nitrogens with zero attached hydrogens (tertiary/aromatic N) is 1. The fourth-order valence-electron chi connectivity index (χ4n) is 1.99. The first-order valence-corrected chi connectivity index (χ1v) is 7.42. The van der Waals surface area contributed by atoms with Crippen LogP contribution in [-0.2, 0) is 10.0 Å². The number of benzene rings is 1. The van der Waals surface area contributed by atoms with E-state index in [1.807, 2.05) is 0 Å². The van der Waals surface area contributed by atoms with Crippen molar-refractivity contribution in [1.29, 1.82) is 0 Å². The van der Waals surface area contributed by atoms with Crippen molar-refractivity contribution in [3.05, 3.63) is 29.0 Å². The zero-order chi connectivity index (χ0) is 13.3. The highest BCUT2D eigenvalue weighted by atomic mass is 35.5. The van der Waals surface area contributed by atoms with Crippen LogP contribution in [0.5, 0.6) is 0 Å². The van der Waals surface area contributed by atoms with E-state index in [1.54, 1.807) is 6.92 Å². The fraction of sp³-hybridized carbons (Fsp3) is 0.455. The average molecular weight is 329 g/mol. The van der Waals surface area contributed by atoms with Gasteiger partial charge in [-0.25, -0.2) is 12.8 Å². The molecule has 0 bridgehead atoms. The summed E-state index contributed by atoms with van der Waals surface area (Å²) in [6.45, 7) is 3.26. The quantitative estimate of drug-likeness (QED) is 0.901. The lowest BCUT2D eigenvalue weighted by Crippen LogP contribution is -2.52. The van der Waals surface area contributed by atoms with Gasteiger partial charge in [-0.2, -0.15) is 4.31 Å². The molecule has 0 aliphatic carbocycles. The predicted molar refractivity (Wildman–Crippen MR) is 74.9 cm³/mol. The minimum atomic E-state index is -3.80. The van der Waals surface area contributed by atoms with E-state index in [0.29, 0.717) is 19.6 Å². The Morgan fingerprint density at radius 3 is 2.74 bits per heavy atom. The second-order valence-electron chi connectivity index (χ2n) is 4.24. The van der Waals surface area contributed by atoms with Crippen LogP contribution in [0.4, 0.5) is 4.39 Å². The molecule has 108 valence electrons. The van der Waals surface area contributed by atoms with Crippen molar-refractivity contribution in [2.75, 3.05) is 19.6 Å². The molecule has 0 spiro atoms. The van der Waals surface area contributed by atoms with Crippen LogP contribution in [0.15, 0.2) is 23.1 Å². The van der Waals surface area contributed by atoms with Crippen LogP contribution in [0.3, 0.4) is 0 Å². The van der Waals surface area contributed by atoms with Gasteiger partial charge in [-0.1, -0.05) is 11.6 Å². The molecule has 0 amide bonds. The molecule has 1 heterocycles. The van der Waals surface area contributed by atoms with Crippen LogP contribution in [0.1, 0.15) is 6.92 Å². The third kappa shape index (κ3) is 3.38. The van der Waals surface area contributed by atoms with E-state index in [1.165, 1.54) is 16.4 Å². The van der Waals surface area contributed by atoms with Gasteiger partial charge < -0.3 is 5.32 Å². The van der Waals surface area contributed by atoms with Crippen LogP contribution >= 0.6 is 24.0 Å². The lowest BCUT2D eigenvalue weighted by atomic mass is 10.3. The summed E-state index contributed by atoms with van der Waals surface area (Å²) in [5, 5.41) is 3.27. The molecule has 1 fully saturated rings. The lowest BCUT2D eigenvalue weighted by Gasteiger charge is -2.32. The Balaban J connectivity index is 0.00000180. The minimum Gasteiger partial charge on any atom is -0.314 e. The standard InChI is InChI=1S/C11H14ClFN2O2S.ClH/c1-8-7-14-4-5-15(8)18(16,17)11-3-2-9(12)6-10(11)13;/h2-3,6,8,14H,4-5,7H2,1H3;1H/t8-;/m0./s1. The van der Waals surface area contributed by atoms with E-state index in [9.17, 15) is 12.8 Å². The summed E-state index contributed by atoms with van der Waals surface area (Å²) in [6.07, 6.45) is 0. The maximum absolute atomic E-state index is 13.7. The maximum atomic E-state index is 13.7. The van der Waals surface area contributed by atoms with Gasteiger partial charge in [0.2, 0.25) is 10.0 Å². The number of nitrogens with one attached hydrogen (secondary N) is 1. The first kappa shape index (κ1) is 16.7. The van der Waals surface area contributed by atoms with Crippen molar-refractivity contribution in [3.8, 4) is 0 Å². The summed E-state index contributed by atoms with van der Waals surface area (Å²) in [4.78, 5) is -0.319. The highest BCUT2D eigenvalue weighted by Gasteiger charge is 2.32. The van der Waals surface area contributed by atoms with Gasteiger partial charge in [-0.05, 0) is 25.1 Å². The summed E-state index contributed by atoms with van der Waals surface area (Å²) in [5.41, 5.74) is 0. The van der Waals surface area contributed by atoms with Crippen molar-refractivity contribution in [2.45, 2.75) is 17.9 Å². The molecule has 8 heteroatoms. The van der Waals surface area contributed by atoms with E-state index in [2.05, 4.69) is 5.32 Å².